The van der Waals surface area contributed by atoms with Crippen LogP contribution in [0.3, 0.4) is 0 Å². The molecule has 5 heteroatoms. The Bertz CT molecular complexity index is 254. The second-order valence-electron chi connectivity index (χ2n) is 6.32. The molecule has 0 amide bonds. The summed E-state index contributed by atoms with van der Waals surface area (Å²) >= 11 is 0. The third-order valence-electron chi connectivity index (χ3n) is 4.06. The van der Waals surface area contributed by atoms with Gasteiger partial charge in [0.25, 0.3) is 0 Å². The lowest BCUT2D eigenvalue weighted by molar-refractivity contribution is 0.0554. The van der Waals surface area contributed by atoms with E-state index in [2.05, 4.69) is 40.8 Å². The van der Waals surface area contributed by atoms with Crippen molar-refractivity contribution in [2.24, 2.45) is 0 Å². The maximum Gasteiger partial charge on any atom is 0.329 e. The SMILES string of the molecule is CCC(CC)O[Si](C)(C)C(CC)(CC)O[Si](C)(C)O. The molecule has 0 heterocycles. The quantitative estimate of drug-likeness (QED) is 0.649. The highest BCUT2D eigenvalue weighted by atomic mass is 28.4. The maximum absolute atomic E-state index is 10.2. The highest BCUT2D eigenvalue weighted by molar-refractivity contribution is 6.75. The Morgan fingerprint density at radius 3 is 1.63 bits per heavy atom. The van der Waals surface area contributed by atoms with Gasteiger partial charge in [-0.1, -0.05) is 27.7 Å². The van der Waals surface area contributed by atoms with Gasteiger partial charge < -0.3 is 13.6 Å². The summed E-state index contributed by atoms with van der Waals surface area (Å²) in [4.78, 5) is 10.2. The molecule has 3 nitrogen and oxygen atoms in total. The van der Waals surface area contributed by atoms with E-state index in [-0.39, 0.29) is 5.22 Å². The van der Waals surface area contributed by atoms with Crippen molar-refractivity contribution in [3.05, 3.63) is 0 Å². The Morgan fingerprint density at radius 2 is 1.37 bits per heavy atom. The van der Waals surface area contributed by atoms with Gasteiger partial charge in [-0.25, -0.2) is 0 Å². The Labute approximate surface area is 122 Å². The molecule has 0 aliphatic rings. The third-order valence-corrected chi connectivity index (χ3v) is 9.08. The van der Waals surface area contributed by atoms with Gasteiger partial charge in [-0.2, -0.15) is 0 Å². The van der Waals surface area contributed by atoms with Crippen LogP contribution in [-0.2, 0) is 8.85 Å². The van der Waals surface area contributed by atoms with Gasteiger partial charge in [-0.05, 0) is 51.9 Å². The van der Waals surface area contributed by atoms with Crippen LogP contribution < -0.4 is 0 Å². The molecule has 0 saturated carbocycles. The van der Waals surface area contributed by atoms with Crippen LogP contribution in [0.4, 0.5) is 0 Å². The normalized spacial score (nSPS) is 14.2. The summed E-state index contributed by atoms with van der Waals surface area (Å²) in [5, 5.41) is -0.278. The van der Waals surface area contributed by atoms with Gasteiger partial charge >= 0.3 is 8.56 Å². The van der Waals surface area contributed by atoms with Gasteiger partial charge in [0.05, 0.1) is 5.22 Å². The minimum Gasteiger partial charge on any atom is -0.412 e. The first-order chi connectivity index (χ1) is 8.57. The fourth-order valence-electron chi connectivity index (χ4n) is 2.83. The van der Waals surface area contributed by atoms with Crippen LogP contribution in [-0.4, -0.2) is 33.0 Å². The number of rotatable bonds is 9. The summed E-state index contributed by atoms with van der Waals surface area (Å²) in [7, 11) is -4.61. The lowest BCUT2D eigenvalue weighted by Gasteiger charge is -2.47. The van der Waals surface area contributed by atoms with E-state index in [4.69, 9.17) is 8.85 Å². The van der Waals surface area contributed by atoms with E-state index in [1.54, 1.807) is 0 Å². The molecule has 0 aliphatic carbocycles. The Balaban J connectivity index is 5.23. The number of hydrogen-bond donors (Lipinski definition) is 1. The van der Waals surface area contributed by atoms with Gasteiger partial charge in [-0.3, -0.25) is 0 Å². The Kier molecular flexibility index (Phi) is 7.48. The smallest absolute Gasteiger partial charge is 0.329 e. The van der Waals surface area contributed by atoms with E-state index in [1.807, 2.05) is 13.1 Å². The van der Waals surface area contributed by atoms with Crippen LogP contribution in [0.25, 0.3) is 0 Å². The molecule has 0 saturated heterocycles. The molecule has 0 radical (unpaired) electrons. The second kappa shape index (κ2) is 7.36. The Morgan fingerprint density at radius 1 is 0.947 bits per heavy atom. The average molecular weight is 307 g/mol. The third kappa shape index (κ3) is 5.30. The maximum atomic E-state index is 10.2. The summed E-state index contributed by atoms with van der Waals surface area (Å²) in [6.45, 7) is 16.8. The van der Waals surface area contributed by atoms with Crippen molar-refractivity contribution >= 4 is 16.9 Å². The predicted octanol–water partition coefficient (Wildman–Crippen LogP) is 4.21. The van der Waals surface area contributed by atoms with Gasteiger partial charge in [0, 0.05) is 6.10 Å². The van der Waals surface area contributed by atoms with Crippen molar-refractivity contribution in [1.29, 1.82) is 0 Å². The molecule has 0 bridgehead atoms. The summed E-state index contributed by atoms with van der Waals surface area (Å²) in [6.07, 6.45) is 4.19. The van der Waals surface area contributed by atoms with E-state index in [1.165, 1.54) is 0 Å². The van der Waals surface area contributed by atoms with Crippen LogP contribution in [0.2, 0.25) is 26.2 Å². The van der Waals surface area contributed by atoms with E-state index in [9.17, 15) is 4.80 Å². The van der Waals surface area contributed by atoms with Crippen molar-refractivity contribution in [2.45, 2.75) is 90.9 Å². The molecule has 19 heavy (non-hydrogen) atoms. The van der Waals surface area contributed by atoms with Gasteiger partial charge in [0.2, 0.25) is 8.32 Å². The molecule has 0 unspecified atom stereocenters. The number of hydrogen-bond acceptors (Lipinski definition) is 3. The first-order valence-electron chi connectivity index (χ1n) is 7.67. The fraction of sp³-hybridized carbons (Fsp3) is 1.00. The zero-order chi connectivity index (χ0) is 15.3. The summed E-state index contributed by atoms with van der Waals surface area (Å²) in [6, 6.07) is 0. The molecule has 1 N–H and O–H groups in total. The minimum absolute atomic E-state index is 0.278. The Hall–Kier alpha value is 0.314. The topological polar surface area (TPSA) is 38.7 Å². The lowest BCUT2D eigenvalue weighted by atomic mass is 10.2. The molecule has 0 aliphatic heterocycles. The van der Waals surface area contributed by atoms with Crippen LogP contribution in [0.1, 0.15) is 53.4 Å². The minimum atomic E-state index is -2.56. The van der Waals surface area contributed by atoms with Crippen molar-refractivity contribution in [1.82, 2.24) is 0 Å². The van der Waals surface area contributed by atoms with Gasteiger partial charge in [0.15, 0.2) is 0 Å². The van der Waals surface area contributed by atoms with Crippen molar-refractivity contribution in [3.63, 3.8) is 0 Å². The summed E-state index contributed by atoms with van der Waals surface area (Å²) in [5.41, 5.74) is 0. The second-order valence-corrected chi connectivity index (χ2v) is 13.6. The van der Waals surface area contributed by atoms with Crippen molar-refractivity contribution in [3.8, 4) is 0 Å². The molecule has 0 spiro atoms. The van der Waals surface area contributed by atoms with E-state index in [0.717, 1.165) is 25.7 Å². The van der Waals surface area contributed by atoms with Crippen LogP contribution >= 0.6 is 0 Å². The zero-order valence-electron chi connectivity index (χ0n) is 14.2. The monoisotopic (exact) mass is 306 g/mol. The molecule has 0 fully saturated rings. The standard InChI is InChI=1S/C14H34O3Si2/c1-9-13(10-2)16-18(5,6)14(11-3,12-4)17-19(7,8)15/h13,15H,9-12H2,1-8H3. The largest absolute Gasteiger partial charge is 0.412 e. The van der Waals surface area contributed by atoms with Crippen LogP contribution in [0.15, 0.2) is 0 Å². The van der Waals surface area contributed by atoms with Crippen LogP contribution in [0, 0.1) is 0 Å². The molecule has 0 aromatic rings. The lowest BCUT2D eigenvalue weighted by Crippen LogP contribution is -2.62. The van der Waals surface area contributed by atoms with Gasteiger partial charge in [0.1, 0.15) is 0 Å². The van der Waals surface area contributed by atoms with Crippen molar-refractivity contribution in [2.75, 3.05) is 0 Å². The molecule has 116 valence electrons. The average Bonchev–Trinajstić information content (AvgIpc) is 2.31. The zero-order valence-corrected chi connectivity index (χ0v) is 16.2. The summed E-state index contributed by atoms with van der Waals surface area (Å²) < 4.78 is 12.7. The fourth-order valence-corrected chi connectivity index (χ4v) is 8.89. The molecular formula is C14H34O3Si2. The molecular weight excluding hydrogens is 272 g/mol. The van der Waals surface area contributed by atoms with E-state index >= 15 is 0 Å². The molecule has 0 rings (SSSR count). The highest BCUT2D eigenvalue weighted by Crippen LogP contribution is 2.36. The molecule has 0 atom stereocenters. The highest BCUT2D eigenvalue weighted by Gasteiger charge is 2.50. The molecule has 0 aromatic carbocycles. The first kappa shape index (κ1) is 19.3. The van der Waals surface area contributed by atoms with Crippen LogP contribution in [0.5, 0.6) is 0 Å². The van der Waals surface area contributed by atoms with E-state index < -0.39 is 16.9 Å². The summed E-state index contributed by atoms with van der Waals surface area (Å²) in [5.74, 6) is 0. The molecule has 0 aromatic heterocycles. The predicted molar refractivity (Wildman–Crippen MR) is 87.0 cm³/mol. The van der Waals surface area contributed by atoms with E-state index in [0.29, 0.717) is 6.10 Å². The van der Waals surface area contributed by atoms with Crippen molar-refractivity contribution < 1.29 is 13.6 Å². The van der Waals surface area contributed by atoms with Gasteiger partial charge in [-0.15, -0.1) is 0 Å². The first-order valence-corrected chi connectivity index (χ1v) is 13.4.